The van der Waals surface area contributed by atoms with Crippen LogP contribution in [0.3, 0.4) is 0 Å². The zero-order chi connectivity index (χ0) is 21.6. The first-order chi connectivity index (χ1) is 15.1. The zero-order valence-corrected chi connectivity index (χ0v) is 18.1. The standard InChI is InChI=1S/C22H24FN3O4S/c1-28-17-3-5-18(6-4-17)30-15-21(27)26(9-8-25-10-12-29-13-11-25)22-24-19-7-2-16(23)14-20(19)31-22/h2-7,14H,8-13,15H2,1H3. The quantitative estimate of drug-likeness (QED) is 0.531. The summed E-state index contributed by atoms with van der Waals surface area (Å²) in [5.41, 5.74) is 0.668. The first kappa shape index (κ1) is 21.5. The summed E-state index contributed by atoms with van der Waals surface area (Å²) in [5, 5.41) is 0.539. The summed E-state index contributed by atoms with van der Waals surface area (Å²) in [6, 6.07) is 11.5. The molecule has 7 nitrogen and oxygen atoms in total. The van der Waals surface area contributed by atoms with Crippen LogP contribution < -0.4 is 14.4 Å². The molecule has 9 heteroatoms. The van der Waals surface area contributed by atoms with E-state index in [0.717, 1.165) is 13.1 Å². The van der Waals surface area contributed by atoms with Gasteiger partial charge in [-0.25, -0.2) is 9.37 Å². The predicted octanol–water partition coefficient (Wildman–Crippen LogP) is 3.19. The predicted molar refractivity (Wildman–Crippen MR) is 118 cm³/mol. The maximum Gasteiger partial charge on any atom is 0.266 e. The number of hydrogen-bond acceptors (Lipinski definition) is 7. The molecule has 0 spiro atoms. The molecule has 0 bridgehead atoms. The highest BCUT2D eigenvalue weighted by Crippen LogP contribution is 2.29. The fraction of sp³-hybridized carbons (Fsp3) is 0.364. The monoisotopic (exact) mass is 445 g/mol. The van der Waals surface area contributed by atoms with Gasteiger partial charge in [-0.1, -0.05) is 11.3 Å². The lowest BCUT2D eigenvalue weighted by Crippen LogP contribution is -2.44. The zero-order valence-electron chi connectivity index (χ0n) is 17.3. The van der Waals surface area contributed by atoms with Gasteiger partial charge in [0.2, 0.25) is 0 Å². The number of amides is 1. The van der Waals surface area contributed by atoms with Gasteiger partial charge in [-0.2, -0.15) is 0 Å². The van der Waals surface area contributed by atoms with Crippen molar-refractivity contribution in [3.05, 3.63) is 48.3 Å². The second-order valence-corrected chi connectivity index (χ2v) is 8.08. The van der Waals surface area contributed by atoms with E-state index in [9.17, 15) is 9.18 Å². The van der Waals surface area contributed by atoms with Gasteiger partial charge in [0.25, 0.3) is 5.91 Å². The molecule has 164 valence electrons. The van der Waals surface area contributed by atoms with E-state index in [1.54, 1.807) is 42.3 Å². The number of ether oxygens (including phenoxy) is 3. The summed E-state index contributed by atoms with van der Waals surface area (Å²) in [6.07, 6.45) is 0. The van der Waals surface area contributed by atoms with E-state index in [-0.39, 0.29) is 18.3 Å². The lowest BCUT2D eigenvalue weighted by atomic mass is 10.3. The molecule has 2 heterocycles. The van der Waals surface area contributed by atoms with Gasteiger partial charge >= 0.3 is 0 Å². The van der Waals surface area contributed by atoms with E-state index in [4.69, 9.17) is 14.2 Å². The number of morpholine rings is 1. The fourth-order valence-electron chi connectivity index (χ4n) is 3.29. The van der Waals surface area contributed by atoms with E-state index in [0.29, 0.717) is 53.2 Å². The lowest BCUT2D eigenvalue weighted by molar-refractivity contribution is -0.120. The number of nitrogens with zero attached hydrogens (tertiary/aromatic N) is 3. The average Bonchev–Trinajstić information content (AvgIpc) is 3.21. The molecule has 1 aliphatic rings. The van der Waals surface area contributed by atoms with Crippen molar-refractivity contribution in [3.8, 4) is 11.5 Å². The van der Waals surface area contributed by atoms with Crippen LogP contribution in [0, 0.1) is 5.82 Å². The lowest BCUT2D eigenvalue weighted by Gasteiger charge is -2.29. The number of methoxy groups -OCH3 is 1. The van der Waals surface area contributed by atoms with Gasteiger partial charge in [-0.05, 0) is 42.5 Å². The molecule has 0 atom stereocenters. The minimum Gasteiger partial charge on any atom is -0.497 e. The van der Waals surface area contributed by atoms with Crippen LogP contribution in [0.4, 0.5) is 9.52 Å². The van der Waals surface area contributed by atoms with Crippen LogP contribution in [-0.4, -0.2) is 68.9 Å². The first-order valence-electron chi connectivity index (χ1n) is 10.1. The number of rotatable bonds is 8. The van der Waals surface area contributed by atoms with Gasteiger partial charge in [0.05, 0.1) is 30.5 Å². The second kappa shape index (κ2) is 10.0. The Morgan fingerprint density at radius 2 is 1.94 bits per heavy atom. The van der Waals surface area contributed by atoms with Crippen molar-refractivity contribution in [2.24, 2.45) is 0 Å². The molecule has 0 aliphatic carbocycles. The number of fused-ring (bicyclic) bond motifs is 1. The Bertz CT molecular complexity index is 1020. The molecule has 0 unspecified atom stereocenters. The van der Waals surface area contributed by atoms with E-state index < -0.39 is 0 Å². The fourth-order valence-corrected chi connectivity index (χ4v) is 4.32. The van der Waals surface area contributed by atoms with Gasteiger partial charge < -0.3 is 14.2 Å². The molecular formula is C22H24FN3O4S. The highest BCUT2D eigenvalue weighted by molar-refractivity contribution is 7.22. The Labute approximate surface area is 183 Å². The first-order valence-corrected chi connectivity index (χ1v) is 10.9. The molecule has 1 fully saturated rings. The van der Waals surface area contributed by atoms with Crippen molar-refractivity contribution in [1.82, 2.24) is 9.88 Å². The van der Waals surface area contributed by atoms with Gasteiger partial charge in [0.15, 0.2) is 11.7 Å². The third-order valence-electron chi connectivity index (χ3n) is 5.04. The topological polar surface area (TPSA) is 64.1 Å². The van der Waals surface area contributed by atoms with Gasteiger partial charge in [0, 0.05) is 26.2 Å². The van der Waals surface area contributed by atoms with E-state index in [2.05, 4.69) is 9.88 Å². The Kier molecular flexibility index (Phi) is 6.96. The highest BCUT2D eigenvalue weighted by atomic mass is 32.1. The molecule has 1 aromatic heterocycles. The number of aromatic nitrogens is 1. The van der Waals surface area contributed by atoms with Crippen LogP contribution in [0.2, 0.25) is 0 Å². The minimum atomic E-state index is -0.322. The number of carbonyl (C=O) groups excluding carboxylic acids is 1. The second-order valence-electron chi connectivity index (χ2n) is 7.07. The van der Waals surface area contributed by atoms with E-state index >= 15 is 0 Å². The van der Waals surface area contributed by atoms with Crippen LogP contribution in [0.15, 0.2) is 42.5 Å². The Morgan fingerprint density at radius 3 is 2.68 bits per heavy atom. The molecule has 1 saturated heterocycles. The van der Waals surface area contributed by atoms with Crippen LogP contribution in [0.5, 0.6) is 11.5 Å². The van der Waals surface area contributed by atoms with E-state index in [1.807, 2.05) is 0 Å². The molecule has 1 aliphatic heterocycles. The molecule has 0 N–H and O–H groups in total. The molecule has 1 amide bonds. The Hall–Kier alpha value is -2.75. The van der Waals surface area contributed by atoms with Crippen LogP contribution >= 0.6 is 11.3 Å². The summed E-state index contributed by atoms with van der Waals surface area (Å²) < 4.78 is 30.5. The maximum absolute atomic E-state index is 13.6. The Morgan fingerprint density at radius 1 is 1.19 bits per heavy atom. The van der Waals surface area contributed by atoms with Crippen molar-refractivity contribution >= 4 is 32.6 Å². The Balaban J connectivity index is 1.48. The summed E-state index contributed by atoms with van der Waals surface area (Å²) in [6.45, 7) is 4.07. The van der Waals surface area contributed by atoms with Crippen molar-refractivity contribution in [2.75, 3.05) is 58.0 Å². The number of benzene rings is 2. The van der Waals surface area contributed by atoms with Crippen molar-refractivity contribution in [2.45, 2.75) is 0 Å². The highest BCUT2D eigenvalue weighted by Gasteiger charge is 2.22. The molecule has 2 aromatic carbocycles. The normalized spacial score (nSPS) is 14.5. The van der Waals surface area contributed by atoms with Gasteiger partial charge in [-0.3, -0.25) is 14.6 Å². The number of halogens is 1. The van der Waals surface area contributed by atoms with E-state index in [1.165, 1.54) is 23.5 Å². The molecule has 4 rings (SSSR count). The van der Waals surface area contributed by atoms with Crippen molar-refractivity contribution < 1.29 is 23.4 Å². The number of anilines is 1. The molecular weight excluding hydrogens is 421 g/mol. The van der Waals surface area contributed by atoms with Gasteiger partial charge in [-0.15, -0.1) is 0 Å². The summed E-state index contributed by atoms with van der Waals surface area (Å²) >= 11 is 1.30. The smallest absolute Gasteiger partial charge is 0.266 e. The SMILES string of the molecule is COc1ccc(OCC(=O)N(CCN2CCOCC2)c2nc3ccc(F)cc3s2)cc1. The number of thiazole rings is 1. The van der Waals surface area contributed by atoms with Crippen molar-refractivity contribution in [3.63, 3.8) is 0 Å². The largest absolute Gasteiger partial charge is 0.497 e. The van der Waals surface area contributed by atoms with Crippen LogP contribution in [0.1, 0.15) is 0 Å². The minimum absolute atomic E-state index is 0.125. The molecule has 0 saturated carbocycles. The van der Waals surface area contributed by atoms with Crippen LogP contribution in [0.25, 0.3) is 10.2 Å². The summed E-state index contributed by atoms with van der Waals surface area (Å²) in [5.74, 6) is 0.765. The molecule has 0 radical (unpaired) electrons. The maximum atomic E-state index is 13.6. The summed E-state index contributed by atoms with van der Waals surface area (Å²) in [7, 11) is 1.59. The average molecular weight is 446 g/mol. The molecule has 3 aromatic rings. The van der Waals surface area contributed by atoms with Gasteiger partial charge in [0.1, 0.15) is 17.3 Å². The number of carbonyl (C=O) groups is 1. The molecule has 31 heavy (non-hydrogen) atoms. The third kappa shape index (κ3) is 5.49. The summed E-state index contributed by atoms with van der Waals surface area (Å²) in [4.78, 5) is 21.5. The van der Waals surface area contributed by atoms with Crippen molar-refractivity contribution in [1.29, 1.82) is 0 Å². The number of hydrogen-bond donors (Lipinski definition) is 0. The third-order valence-corrected chi connectivity index (χ3v) is 6.08. The van der Waals surface area contributed by atoms with Crippen LogP contribution in [-0.2, 0) is 9.53 Å².